The smallest absolute Gasteiger partial charge is 0.280 e. The lowest BCUT2D eigenvalue weighted by Crippen LogP contribution is -2.33. The maximum Gasteiger partial charge on any atom is 0.280 e. The molecule has 0 atom stereocenters. The van der Waals surface area contributed by atoms with Crippen molar-refractivity contribution in [1.29, 1.82) is 0 Å². The van der Waals surface area contributed by atoms with Crippen molar-refractivity contribution in [3.63, 3.8) is 0 Å². The summed E-state index contributed by atoms with van der Waals surface area (Å²) in [6, 6.07) is 5.71. The normalized spacial score (nSPS) is 16.7. The van der Waals surface area contributed by atoms with Crippen molar-refractivity contribution in [3.05, 3.63) is 70.5 Å². The second-order valence-electron chi connectivity index (χ2n) is 7.23. The van der Waals surface area contributed by atoms with E-state index in [1.54, 1.807) is 12.1 Å². The van der Waals surface area contributed by atoms with Crippen molar-refractivity contribution < 1.29 is 22.7 Å². The number of rotatable bonds is 2. The first-order chi connectivity index (χ1) is 13.8. The molecule has 2 aromatic carbocycles. The molecular formula is C21H18F3N3O2. The molecule has 1 amide bonds. The number of fused-ring (bicyclic) bond motifs is 1. The summed E-state index contributed by atoms with van der Waals surface area (Å²) in [5, 5.41) is 0. The number of amides is 1. The fraction of sp³-hybridized carbons (Fsp3) is 0.238. The van der Waals surface area contributed by atoms with Crippen molar-refractivity contribution >= 4 is 17.4 Å². The third kappa shape index (κ3) is 3.46. The van der Waals surface area contributed by atoms with Gasteiger partial charge in [0.05, 0.1) is 5.56 Å². The number of guanidine groups is 1. The predicted octanol–water partition coefficient (Wildman–Crippen LogP) is 3.65. The van der Waals surface area contributed by atoms with Crippen LogP contribution in [0.15, 0.2) is 41.4 Å². The maximum atomic E-state index is 14.6. The summed E-state index contributed by atoms with van der Waals surface area (Å²) in [4.78, 5) is 15.7. The zero-order chi connectivity index (χ0) is 20.8. The molecule has 0 bridgehead atoms. The molecule has 1 aliphatic carbocycles. The van der Waals surface area contributed by atoms with E-state index in [1.807, 2.05) is 0 Å². The molecule has 8 heteroatoms. The van der Waals surface area contributed by atoms with Crippen molar-refractivity contribution in [2.24, 2.45) is 16.5 Å². The number of halogens is 3. The van der Waals surface area contributed by atoms with Crippen molar-refractivity contribution in [1.82, 2.24) is 0 Å². The lowest BCUT2D eigenvalue weighted by molar-refractivity contribution is 0.100. The highest BCUT2D eigenvalue weighted by molar-refractivity contribution is 6.03. The molecule has 0 unspecified atom stereocenters. The van der Waals surface area contributed by atoms with Crippen LogP contribution in [0.4, 0.5) is 13.2 Å². The molecule has 0 saturated heterocycles. The van der Waals surface area contributed by atoms with Gasteiger partial charge in [-0.3, -0.25) is 4.79 Å². The van der Waals surface area contributed by atoms with Gasteiger partial charge in [-0.05, 0) is 55.5 Å². The maximum absolute atomic E-state index is 14.6. The van der Waals surface area contributed by atoms with E-state index in [4.69, 9.17) is 16.2 Å². The molecule has 5 nitrogen and oxygen atoms in total. The van der Waals surface area contributed by atoms with E-state index in [0.717, 1.165) is 12.8 Å². The molecule has 0 radical (unpaired) electrons. The summed E-state index contributed by atoms with van der Waals surface area (Å²) in [6.07, 6.45) is 4.88. The molecule has 150 valence electrons. The molecule has 1 heterocycles. The number of benzene rings is 2. The summed E-state index contributed by atoms with van der Waals surface area (Å²) >= 11 is 0. The lowest BCUT2D eigenvalue weighted by Gasteiger charge is -2.34. The molecule has 1 spiro atoms. The second kappa shape index (κ2) is 6.95. The van der Waals surface area contributed by atoms with Gasteiger partial charge in [0.15, 0.2) is 5.96 Å². The average Bonchev–Trinajstić information content (AvgIpc) is 3.07. The molecule has 1 aliphatic heterocycles. The summed E-state index contributed by atoms with van der Waals surface area (Å²) in [5.41, 5.74) is 10.1. The quantitative estimate of drug-likeness (QED) is 0.594. The summed E-state index contributed by atoms with van der Waals surface area (Å²) in [5.74, 6) is -3.79. The van der Waals surface area contributed by atoms with Crippen LogP contribution in [0.5, 0.6) is 5.75 Å². The fourth-order valence-corrected chi connectivity index (χ4v) is 3.96. The zero-order valence-corrected chi connectivity index (χ0v) is 15.3. The second-order valence-corrected chi connectivity index (χ2v) is 7.23. The van der Waals surface area contributed by atoms with E-state index in [2.05, 4.69) is 4.99 Å². The standard InChI is InChI=1S/C21H18F3N3O2/c22-12-8-15(23)18(16(24)9-12)14-10-21(5-1-2-6-21)29-17-4-3-11(7-13(14)17)19(28)27-20(25)26/h3-4,7-10H,1-2,5-6H2,(H4,25,26,27,28). The van der Waals surface area contributed by atoms with E-state index < -0.39 is 34.9 Å². The van der Waals surface area contributed by atoms with Crippen LogP contribution in [-0.2, 0) is 0 Å². The van der Waals surface area contributed by atoms with Gasteiger partial charge in [0, 0.05) is 23.3 Å². The van der Waals surface area contributed by atoms with Crippen molar-refractivity contribution in [2.45, 2.75) is 31.3 Å². The Labute approximate surface area is 164 Å². The minimum Gasteiger partial charge on any atom is -0.483 e. The SMILES string of the molecule is NC(N)=NC(=O)c1ccc2c(c1)C(c1c(F)cc(F)cc1F)=CC1(CCCC1)O2. The lowest BCUT2D eigenvalue weighted by atomic mass is 9.86. The van der Waals surface area contributed by atoms with Crippen molar-refractivity contribution in [3.8, 4) is 5.75 Å². The Kier molecular flexibility index (Phi) is 4.56. The molecule has 4 rings (SSSR count). The molecule has 0 aromatic heterocycles. The number of nitrogens with zero attached hydrogens (tertiary/aromatic N) is 1. The van der Waals surface area contributed by atoms with Crippen molar-refractivity contribution in [2.75, 3.05) is 0 Å². The third-order valence-electron chi connectivity index (χ3n) is 5.19. The Morgan fingerprint density at radius 3 is 2.31 bits per heavy atom. The van der Waals surface area contributed by atoms with Crippen LogP contribution in [0, 0.1) is 17.5 Å². The number of carbonyl (C=O) groups is 1. The van der Waals surface area contributed by atoms with E-state index in [0.29, 0.717) is 36.3 Å². The number of hydrogen-bond donors (Lipinski definition) is 2. The van der Waals surface area contributed by atoms with Gasteiger partial charge in [-0.25, -0.2) is 13.2 Å². The van der Waals surface area contributed by atoms with Crippen LogP contribution in [-0.4, -0.2) is 17.5 Å². The average molecular weight is 401 g/mol. The highest BCUT2D eigenvalue weighted by Crippen LogP contribution is 2.47. The molecular weight excluding hydrogens is 383 g/mol. The van der Waals surface area contributed by atoms with E-state index >= 15 is 0 Å². The van der Waals surface area contributed by atoms with Gasteiger partial charge < -0.3 is 16.2 Å². The number of aliphatic imine (C=N–C) groups is 1. The van der Waals surface area contributed by atoms with Gasteiger partial charge in [0.2, 0.25) is 0 Å². The molecule has 1 saturated carbocycles. The largest absolute Gasteiger partial charge is 0.483 e. The highest BCUT2D eigenvalue weighted by atomic mass is 19.1. The third-order valence-corrected chi connectivity index (χ3v) is 5.19. The fourth-order valence-electron chi connectivity index (χ4n) is 3.96. The number of carbonyl (C=O) groups excluding carboxylic acids is 1. The van der Waals surface area contributed by atoms with E-state index in [1.165, 1.54) is 12.1 Å². The molecule has 1 fully saturated rings. The zero-order valence-electron chi connectivity index (χ0n) is 15.3. The molecule has 29 heavy (non-hydrogen) atoms. The number of ether oxygens (including phenoxy) is 1. The van der Waals surface area contributed by atoms with E-state index in [9.17, 15) is 18.0 Å². The van der Waals surface area contributed by atoms with Crippen LogP contribution >= 0.6 is 0 Å². The van der Waals surface area contributed by atoms with Crippen LogP contribution in [0.25, 0.3) is 5.57 Å². The van der Waals surface area contributed by atoms with Crippen LogP contribution in [0.2, 0.25) is 0 Å². The Hall–Kier alpha value is -3.29. The Morgan fingerprint density at radius 1 is 1.03 bits per heavy atom. The Bertz CT molecular complexity index is 1050. The molecule has 2 aliphatic rings. The summed E-state index contributed by atoms with van der Waals surface area (Å²) < 4.78 is 48.8. The number of hydrogen-bond acceptors (Lipinski definition) is 2. The van der Waals surface area contributed by atoms with Crippen LogP contribution in [0.3, 0.4) is 0 Å². The Balaban J connectivity index is 1.92. The topological polar surface area (TPSA) is 90.7 Å². The first-order valence-electron chi connectivity index (χ1n) is 9.13. The number of nitrogens with two attached hydrogens (primary N) is 2. The predicted molar refractivity (Wildman–Crippen MR) is 102 cm³/mol. The first-order valence-corrected chi connectivity index (χ1v) is 9.13. The highest BCUT2D eigenvalue weighted by Gasteiger charge is 2.39. The van der Waals surface area contributed by atoms with Gasteiger partial charge in [0.1, 0.15) is 28.8 Å². The van der Waals surface area contributed by atoms with Gasteiger partial charge in [0.25, 0.3) is 5.91 Å². The van der Waals surface area contributed by atoms with Crippen LogP contribution < -0.4 is 16.2 Å². The Morgan fingerprint density at radius 2 is 1.69 bits per heavy atom. The van der Waals surface area contributed by atoms with Gasteiger partial charge in [-0.1, -0.05) is 0 Å². The van der Waals surface area contributed by atoms with Gasteiger partial charge >= 0.3 is 0 Å². The minimum absolute atomic E-state index is 0.122. The van der Waals surface area contributed by atoms with Gasteiger partial charge in [-0.15, -0.1) is 0 Å². The monoisotopic (exact) mass is 401 g/mol. The summed E-state index contributed by atoms with van der Waals surface area (Å²) in [7, 11) is 0. The van der Waals surface area contributed by atoms with Crippen LogP contribution in [0.1, 0.15) is 47.2 Å². The summed E-state index contributed by atoms with van der Waals surface area (Å²) in [6.45, 7) is 0. The first kappa shape index (κ1) is 19.0. The molecule has 2 aromatic rings. The van der Waals surface area contributed by atoms with Gasteiger partial charge in [-0.2, -0.15) is 4.99 Å². The van der Waals surface area contributed by atoms with E-state index in [-0.39, 0.29) is 16.7 Å². The minimum atomic E-state index is -1.03. The molecule has 4 N–H and O–H groups in total.